The summed E-state index contributed by atoms with van der Waals surface area (Å²) in [6.45, 7) is 6.14. The lowest BCUT2D eigenvalue weighted by Gasteiger charge is -2.47. The number of anilines is 1. The zero-order valence-corrected chi connectivity index (χ0v) is 19.2. The highest BCUT2D eigenvalue weighted by atomic mass is 32.2. The maximum Gasteiger partial charge on any atom is 0.262 e. The molecule has 1 aromatic carbocycles. The highest BCUT2D eigenvalue weighted by Crippen LogP contribution is 2.42. The van der Waals surface area contributed by atoms with Gasteiger partial charge in [-0.05, 0) is 70.2 Å². The quantitative estimate of drug-likeness (QED) is 0.736. The van der Waals surface area contributed by atoms with Crippen molar-refractivity contribution < 1.29 is 17.9 Å². The van der Waals surface area contributed by atoms with Crippen molar-refractivity contribution in [1.29, 1.82) is 0 Å². The highest BCUT2D eigenvalue weighted by Gasteiger charge is 2.49. The van der Waals surface area contributed by atoms with Gasteiger partial charge in [-0.25, -0.2) is 13.4 Å². The Kier molecular flexibility index (Phi) is 5.83. The number of hydrogen-bond acceptors (Lipinski definition) is 5. The van der Waals surface area contributed by atoms with Crippen molar-refractivity contribution in [3.63, 3.8) is 0 Å². The zero-order valence-electron chi connectivity index (χ0n) is 18.4. The van der Waals surface area contributed by atoms with Crippen molar-refractivity contribution in [2.24, 2.45) is 18.9 Å². The smallest absolute Gasteiger partial charge is 0.262 e. The zero-order chi connectivity index (χ0) is 22.3. The van der Waals surface area contributed by atoms with Gasteiger partial charge in [0.2, 0.25) is 5.91 Å². The Morgan fingerprint density at radius 3 is 2.52 bits per heavy atom. The molecule has 5 rings (SSSR count). The molecule has 1 saturated carbocycles. The van der Waals surface area contributed by atoms with E-state index in [1.807, 2.05) is 38.1 Å². The van der Waals surface area contributed by atoms with E-state index >= 15 is 0 Å². The Hall–Kier alpha value is -2.39. The molecule has 3 heterocycles. The molecule has 2 bridgehead atoms. The Labute approximate surface area is 183 Å². The van der Waals surface area contributed by atoms with Gasteiger partial charge in [-0.3, -0.25) is 4.79 Å². The molecule has 8 nitrogen and oxygen atoms in total. The van der Waals surface area contributed by atoms with E-state index in [0.717, 1.165) is 12.2 Å². The number of carbonyl (C=O) groups excluding carboxylic acids is 1. The number of rotatable bonds is 6. The summed E-state index contributed by atoms with van der Waals surface area (Å²) in [6, 6.07) is 6.91. The number of aryl methyl sites for hydroxylation is 2. The van der Waals surface area contributed by atoms with Crippen LogP contribution in [0.5, 0.6) is 5.75 Å². The molecule has 0 radical (unpaired) electrons. The van der Waals surface area contributed by atoms with E-state index in [4.69, 9.17) is 4.74 Å². The number of ether oxygens (including phenoxy) is 1. The number of imidazole rings is 1. The molecule has 3 fully saturated rings. The first-order chi connectivity index (χ1) is 14.6. The van der Waals surface area contributed by atoms with Gasteiger partial charge < -0.3 is 14.6 Å². The van der Waals surface area contributed by atoms with Gasteiger partial charge in [0, 0.05) is 31.5 Å². The second kappa shape index (κ2) is 8.27. The van der Waals surface area contributed by atoms with Gasteiger partial charge in [-0.2, -0.15) is 4.31 Å². The Morgan fingerprint density at radius 1 is 1.23 bits per heavy atom. The predicted octanol–water partition coefficient (Wildman–Crippen LogP) is 2.94. The average molecular weight is 447 g/mol. The van der Waals surface area contributed by atoms with Gasteiger partial charge in [-0.1, -0.05) is 0 Å². The van der Waals surface area contributed by atoms with Crippen molar-refractivity contribution in [3.8, 4) is 5.75 Å². The SMILES string of the molecule is Cc1nc(S(=O)(=O)N2C[C@H]3CC[C@@H]2[C@H](C(=O)Nc2ccc(OC(C)C)cc2)C3)cn1C. The van der Waals surface area contributed by atoms with Crippen LogP contribution in [0.1, 0.15) is 38.9 Å². The molecule has 31 heavy (non-hydrogen) atoms. The van der Waals surface area contributed by atoms with Crippen LogP contribution in [0.3, 0.4) is 0 Å². The largest absolute Gasteiger partial charge is 0.491 e. The summed E-state index contributed by atoms with van der Waals surface area (Å²) in [7, 11) is -1.97. The molecule has 9 heteroatoms. The van der Waals surface area contributed by atoms with Gasteiger partial charge in [-0.15, -0.1) is 0 Å². The second-order valence-electron chi connectivity index (χ2n) is 8.85. The molecule has 1 N–H and O–H groups in total. The maximum atomic E-state index is 13.3. The van der Waals surface area contributed by atoms with Gasteiger partial charge in [0.25, 0.3) is 10.0 Å². The van der Waals surface area contributed by atoms with Crippen molar-refractivity contribution in [1.82, 2.24) is 13.9 Å². The Balaban J connectivity index is 1.51. The van der Waals surface area contributed by atoms with Crippen LogP contribution in [0.2, 0.25) is 0 Å². The molecule has 1 aliphatic carbocycles. The predicted molar refractivity (Wildman–Crippen MR) is 117 cm³/mol. The van der Waals surface area contributed by atoms with Crippen LogP contribution in [0.4, 0.5) is 5.69 Å². The molecule has 2 aromatic rings. The van der Waals surface area contributed by atoms with Gasteiger partial charge in [0.15, 0.2) is 5.03 Å². The van der Waals surface area contributed by atoms with Crippen LogP contribution >= 0.6 is 0 Å². The number of nitrogens with zero attached hydrogens (tertiary/aromatic N) is 3. The fourth-order valence-electron chi connectivity index (χ4n) is 4.59. The maximum absolute atomic E-state index is 13.3. The molecule has 1 aromatic heterocycles. The number of amides is 1. The lowest BCUT2D eigenvalue weighted by Crippen LogP contribution is -2.57. The molecule has 168 valence electrons. The van der Waals surface area contributed by atoms with Crippen LogP contribution in [0.15, 0.2) is 35.5 Å². The number of piperidine rings is 2. The number of fused-ring (bicyclic) bond motifs is 3. The van der Waals surface area contributed by atoms with E-state index in [9.17, 15) is 13.2 Å². The minimum atomic E-state index is -3.75. The Bertz CT molecular complexity index is 1040. The van der Waals surface area contributed by atoms with Crippen LogP contribution in [-0.2, 0) is 21.9 Å². The average Bonchev–Trinajstić information content (AvgIpc) is 3.08. The molecular weight excluding hydrogens is 416 g/mol. The number of carbonyl (C=O) groups is 1. The lowest BCUT2D eigenvalue weighted by molar-refractivity contribution is -0.125. The summed E-state index contributed by atoms with van der Waals surface area (Å²) >= 11 is 0. The van der Waals surface area contributed by atoms with Crippen molar-refractivity contribution in [2.45, 2.75) is 57.2 Å². The molecule has 0 spiro atoms. The van der Waals surface area contributed by atoms with E-state index in [1.54, 1.807) is 24.7 Å². The van der Waals surface area contributed by atoms with Crippen LogP contribution < -0.4 is 10.1 Å². The number of benzene rings is 1. The van der Waals surface area contributed by atoms with Crippen molar-refractivity contribution in [2.75, 3.05) is 11.9 Å². The number of sulfonamides is 1. The number of hydrogen-bond donors (Lipinski definition) is 1. The summed E-state index contributed by atoms with van der Waals surface area (Å²) in [5.74, 6) is 1.05. The van der Waals surface area contributed by atoms with Gasteiger partial charge in [0.05, 0.1) is 12.0 Å². The van der Waals surface area contributed by atoms with Crippen molar-refractivity contribution >= 4 is 21.6 Å². The summed E-state index contributed by atoms with van der Waals surface area (Å²) < 4.78 is 35.4. The normalized spacial score (nSPS) is 23.8. The van der Waals surface area contributed by atoms with Crippen LogP contribution in [0, 0.1) is 18.8 Å². The van der Waals surface area contributed by atoms with E-state index in [1.165, 1.54) is 4.31 Å². The molecule has 0 unspecified atom stereocenters. The highest BCUT2D eigenvalue weighted by molar-refractivity contribution is 7.89. The molecular formula is C22H30N4O4S. The molecule has 2 aliphatic heterocycles. The summed E-state index contributed by atoms with van der Waals surface area (Å²) in [4.78, 5) is 17.3. The van der Waals surface area contributed by atoms with Crippen molar-refractivity contribution in [3.05, 3.63) is 36.3 Å². The first-order valence-electron chi connectivity index (χ1n) is 10.7. The molecule has 3 aliphatic rings. The summed E-state index contributed by atoms with van der Waals surface area (Å²) in [5.41, 5.74) is 0.678. The van der Waals surface area contributed by atoms with E-state index in [0.29, 0.717) is 30.9 Å². The van der Waals surface area contributed by atoms with Gasteiger partial charge in [0.1, 0.15) is 11.6 Å². The molecule has 3 atom stereocenters. The van der Waals surface area contributed by atoms with Crippen LogP contribution in [-0.4, -0.2) is 46.9 Å². The van der Waals surface area contributed by atoms with Crippen LogP contribution in [0.25, 0.3) is 0 Å². The van der Waals surface area contributed by atoms with E-state index in [2.05, 4.69) is 10.3 Å². The number of aromatic nitrogens is 2. The van der Waals surface area contributed by atoms with E-state index < -0.39 is 10.0 Å². The summed E-state index contributed by atoms with van der Waals surface area (Å²) in [5, 5.41) is 3.02. The first-order valence-corrected chi connectivity index (χ1v) is 12.2. The lowest BCUT2D eigenvalue weighted by atomic mass is 9.73. The third-order valence-electron chi connectivity index (χ3n) is 6.22. The monoisotopic (exact) mass is 446 g/mol. The third-order valence-corrected chi connectivity index (χ3v) is 7.98. The third kappa shape index (κ3) is 4.34. The molecule has 2 saturated heterocycles. The number of nitrogens with one attached hydrogen (secondary N) is 1. The summed E-state index contributed by atoms with van der Waals surface area (Å²) in [6.07, 6.45) is 3.97. The minimum absolute atomic E-state index is 0.0555. The first kappa shape index (κ1) is 21.8. The fourth-order valence-corrected chi connectivity index (χ4v) is 6.39. The standard InChI is InChI=1S/C22H30N4O4S/c1-14(2)30-18-8-6-17(7-9-18)24-22(27)19-11-16-5-10-20(19)26(12-16)31(28,29)21-13-25(4)15(3)23-21/h6-9,13-14,16,19-20H,5,10-12H2,1-4H3,(H,24,27)/t16-,19+,20+/m0/s1. The fraction of sp³-hybridized carbons (Fsp3) is 0.545. The molecule has 1 amide bonds. The Morgan fingerprint density at radius 2 is 1.94 bits per heavy atom. The minimum Gasteiger partial charge on any atom is -0.491 e. The topological polar surface area (TPSA) is 93.5 Å². The second-order valence-corrected chi connectivity index (χ2v) is 10.7. The van der Waals surface area contributed by atoms with Gasteiger partial charge >= 0.3 is 0 Å². The van der Waals surface area contributed by atoms with E-state index in [-0.39, 0.29) is 34.9 Å².